The first-order valence-electron chi connectivity index (χ1n) is 6.61. The zero-order chi connectivity index (χ0) is 14.6. The van der Waals surface area contributed by atoms with E-state index < -0.39 is 11.5 Å². The molecule has 2 N–H and O–H groups in total. The molecule has 0 spiro atoms. The molecule has 5 nitrogen and oxygen atoms in total. The summed E-state index contributed by atoms with van der Waals surface area (Å²) in [5.41, 5.74) is 1.03. The highest BCUT2D eigenvalue weighted by Crippen LogP contribution is 2.18. The van der Waals surface area contributed by atoms with E-state index in [1.807, 2.05) is 43.5 Å². The molecule has 1 aromatic heterocycles. The molecule has 1 heterocycles. The van der Waals surface area contributed by atoms with Crippen LogP contribution >= 0.6 is 0 Å². The average Bonchev–Trinajstić information content (AvgIpc) is 2.88. The summed E-state index contributed by atoms with van der Waals surface area (Å²) in [6, 6.07) is 9.89. The van der Waals surface area contributed by atoms with Crippen molar-refractivity contribution >= 4 is 5.97 Å². The minimum Gasteiger partial charge on any atom is -0.480 e. The molecular weight excluding hydrogens is 254 g/mol. The first-order chi connectivity index (χ1) is 9.55. The number of hydrogen-bond donors (Lipinski definition) is 2. The van der Waals surface area contributed by atoms with Crippen molar-refractivity contribution in [2.24, 2.45) is 0 Å². The van der Waals surface area contributed by atoms with Crippen molar-refractivity contribution in [3.63, 3.8) is 0 Å². The third-order valence-corrected chi connectivity index (χ3v) is 3.26. The van der Waals surface area contributed by atoms with E-state index in [0.717, 1.165) is 11.1 Å². The van der Waals surface area contributed by atoms with E-state index in [9.17, 15) is 9.90 Å². The Hall–Kier alpha value is -2.14. The number of nitrogens with one attached hydrogen (secondary N) is 1. The Morgan fingerprint density at radius 2 is 2.05 bits per heavy atom. The number of aromatic nitrogens is 2. The molecule has 0 saturated carbocycles. The summed E-state index contributed by atoms with van der Waals surface area (Å²) in [6.45, 7) is 4.43. The van der Waals surface area contributed by atoms with Gasteiger partial charge in [-0.2, -0.15) is 5.10 Å². The van der Waals surface area contributed by atoms with Gasteiger partial charge in [-0.3, -0.25) is 9.48 Å². The fourth-order valence-electron chi connectivity index (χ4n) is 2.14. The molecule has 0 radical (unpaired) electrons. The Balaban J connectivity index is 2.19. The minimum absolute atomic E-state index is 0.281. The largest absolute Gasteiger partial charge is 0.480 e. The van der Waals surface area contributed by atoms with Gasteiger partial charge in [0, 0.05) is 11.8 Å². The molecule has 0 bridgehead atoms. The maximum absolute atomic E-state index is 11.4. The molecule has 0 aliphatic rings. The minimum atomic E-state index is -1.02. The molecule has 2 rings (SSSR count). The van der Waals surface area contributed by atoms with Crippen molar-refractivity contribution in [2.75, 3.05) is 6.54 Å². The Kier molecular flexibility index (Phi) is 4.20. The van der Waals surface area contributed by atoms with Gasteiger partial charge in [-0.25, -0.2) is 0 Å². The normalized spacial score (nSPS) is 13.9. The third-order valence-electron chi connectivity index (χ3n) is 3.26. The van der Waals surface area contributed by atoms with E-state index in [2.05, 4.69) is 10.4 Å². The highest BCUT2D eigenvalue weighted by atomic mass is 16.4. The van der Waals surface area contributed by atoms with Gasteiger partial charge >= 0.3 is 5.97 Å². The Morgan fingerprint density at radius 1 is 1.35 bits per heavy atom. The molecule has 0 saturated heterocycles. The van der Waals surface area contributed by atoms with E-state index in [1.165, 1.54) is 0 Å². The molecule has 0 amide bonds. The van der Waals surface area contributed by atoms with Crippen LogP contribution in [0.15, 0.2) is 42.7 Å². The maximum Gasteiger partial charge on any atom is 0.325 e. The number of carboxylic acid groups (broad SMARTS) is 1. The average molecular weight is 273 g/mol. The summed E-state index contributed by atoms with van der Waals surface area (Å²) in [7, 11) is 0. The highest BCUT2D eigenvalue weighted by Gasteiger charge is 2.32. The first kappa shape index (κ1) is 14.3. The van der Waals surface area contributed by atoms with Gasteiger partial charge in [0.15, 0.2) is 0 Å². The molecule has 1 aromatic carbocycles. The molecule has 2 aromatic rings. The predicted octanol–water partition coefficient (Wildman–Crippen LogP) is 2.00. The fourth-order valence-corrected chi connectivity index (χ4v) is 2.14. The van der Waals surface area contributed by atoms with Crippen molar-refractivity contribution in [3.8, 4) is 11.1 Å². The first-order valence-corrected chi connectivity index (χ1v) is 6.61. The van der Waals surface area contributed by atoms with Gasteiger partial charge in [-0.1, -0.05) is 37.3 Å². The molecule has 20 heavy (non-hydrogen) atoms. The van der Waals surface area contributed by atoms with Crippen LogP contribution in [0, 0.1) is 0 Å². The lowest BCUT2D eigenvalue weighted by molar-refractivity contribution is -0.144. The van der Waals surface area contributed by atoms with Crippen molar-refractivity contribution < 1.29 is 9.90 Å². The standard InChI is InChI=1S/C15H19N3O2/c1-3-16-15(2,14(19)20)11-18-10-13(9-17-18)12-7-5-4-6-8-12/h4-10,16H,3,11H2,1-2H3,(H,19,20). The predicted molar refractivity (Wildman–Crippen MR) is 77.4 cm³/mol. The molecule has 0 aliphatic carbocycles. The number of likely N-dealkylation sites (N-methyl/N-ethyl adjacent to an activating group) is 1. The summed E-state index contributed by atoms with van der Waals surface area (Å²) in [6.07, 6.45) is 3.62. The number of benzene rings is 1. The summed E-state index contributed by atoms with van der Waals surface area (Å²) >= 11 is 0. The Morgan fingerprint density at radius 3 is 2.65 bits per heavy atom. The molecule has 0 fully saturated rings. The van der Waals surface area contributed by atoms with Crippen LogP contribution in [0.2, 0.25) is 0 Å². The van der Waals surface area contributed by atoms with Crippen molar-refractivity contribution in [3.05, 3.63) is 42.7 Å². The van der Waals surface area contributed by atoms with E-state index in [0.29, 0.717) is 6.54 Å². The van der Waals surface area contributed by atoms with Crippen LogP contribution < -0.4 is 5.32 Å². The summed E-state index contributed by atoms with van der Waals surface area (Å²) < 4.78 is 1.67. The third kappa shape index (κ3) is 3.05. The van der Waals surface area contributed by atoms with Crippen molar-refractivity contribution in [1.29, 1.82) is 0 Å². The maximum atomic E-state index is 11.4. The lowest BCUT2D eigenvalue weighted by Gasteiger charge is -2.25. The van der Waals surface area contributed by atoms with Gasteiger partial charge in [0.05, 0.1) is 12.7 Å². The number of hydrogen-bond acceptors (Lipinski definition) is 3. The number of aliphatic carboxylic acids is 1. The Labute approximate surface area is 118 Å². The van der Waals surface area contributed by atoms with Crippen LogP contribution in [-0.4, -0.2) is 32.9 Å². The fraction of sp³-hybridized carbons (Fsp3) is 0.333. The van der Waals surface area contributed by atoms with Gasteiger partial charge in [0.1, 0.15) is 5.54 Å². The summed E-state index contributed by atoms with van der Waals surface area (Å²) in [5.74, 6) is -0.879. The summed E-state index contributed by atoms with van der Waals surface area (Å²) in [4.78, 5) is 11.4. The van der Waals surface area contributed by atoms with Crippen LogP contribution in [0.3, 0.4) is 0 Å². The van der Waals surface area contributed by atoms with Gasteiger partial charge in [0.25, 0.3) is 0 Å². The van der Waals surface area contributed by atoms with Crippen LogP contribution in [0.5, 0.6) is 0 Å². The van der Waals surface area contributed by atoms with Gasteiger partial charge in [-0.15, -0.1) is 0 Å². The topological polar surface area (TPSA) is 67.2 Å². The monoisotopic (exact) mass is 273 g/mol. The summed E-state index contributed by atoms with van der Waals surface area (Å²) in [5, 5.41) is 16.6. The number of nitrogens with zero attached hydrogens (tertiary/aromatic N) is 2. The van der Waals surface area contributed by atoms with Gasteiger partial charge < -0.3 is 10.4 Å². The van der Waals surface area contributed by atoms with Gasteiger partial charge in [0.2, 0.25) is 0 Å². The molecule has 1 unspecified atom stereocenters. The lowest BCUT2D eigenvalue weighted by Crippen LogP contribution is -2.52. The zero-order valence-electron chi connectivity index (χ0n) is 11.7. The lowest BCUT2D eigenvalue weighted by atomic mass is 10.0. The number of rotatable bonds is 6. The number of carboxylic acids is 1. The van der Waals surface area contributed by atoms with Crippen LogP contribution in [0.4, 0.5) is 0 Å². The Bertz CT molecular complexity index is 580. The molecule has 0 aliphatic heterocycles. The quantitative estimate of drug-likeness (QED) is 0.844. The van der Waals surface area contributed by atoms with Crippen LogP contribution in [-0.2, 0) is 11.3 Å². The molecule has 106 valence electrons. The molecule has 1 atom stereocenters. The zero-order valence-corrected chi connectivity index (χ0v) is 11.7. The van der Waals surface area contributed by atoms with E-state index in [4.69, 9.17) is 0 Å². The second kappa shape index (κ2) is 5.88. The molecule has 5 heteroatoms. The van der Waals surface area contributed by atoms with Gasteiger partial charge in [-0.05, 0) is 19.0 Å². The molecular formula is C15H19N3O2. The second-order valence-electron chi connectivity index (χ2n) is 4.96. The van der Waals surface area contributed by atoms with Crippen LogP contribution in [0.25, 0.3) is 11.1 Å². The van der Waals surface area contributed by atoms with Crippen LogP contribution in [0.1, 0.15) is 13.8 Å². The SMILES string of the molecule is CCNC(C)(Cn1cc(-c2ccccc2)cn1)C(=O)O. The smallest absolute Gasteiger partial charge is 0.325 e. The number of carbonyl (C=O) groups is 1. The highest BCUT2D eigenvalue weighted by molar-refractivity contribution is 5.78. The van der Waals surface area contributed by atoms with E-state index >= 15 is 0 Å². The van der Waals surface area contributed by atoms with Crippen molar-refractivity contribution in [2.45, 2.75) is 25.9 Å². The van der Waals surface area contributed by atoms with E-state index in [1.54, 1.807) is 17.8 Å². The van der Waals surface area contributed by atoms with Crippen molar-refractivity contribution in [1.82, 2.24) is 15.1 Å². The second-order valence-corrected chi connectivity index (χ2v) is 4.96. The van der Waals surface area contributed by atoms with E-state index in [-0.39, 0.29) is 6.54 Å².